The minimum absolute atomic E-state index is 0.738. The van der Waals surface area contributed by atoms with E-state index in [-0.39, 0.29) is 0 Å². The molecule has 0 radical (unpaired) electrons. The molecule has 0 saturated carbocycles. The van der Waals surface area contributed by atoms with Gasteiger partial charge in [-0.1, -0.05) is 52.7 Å². The molecule has 0 aromatic rings. The van der Waals surface area contributed by atoms with Gasteiger partial charge in [0, 0.05) is 0 Å². The molecule has 0 aliphatic carbocycles. The van der Waals surface area contributed by atoms with Crippen LogP contribution < -0.4 is 0 Å². The summed E-state index contributed by atoms with van der Waals surface area (Å²) < 4.78 is 0. The monoisotopic (exact) mass is 358 g/mol. The van der Waals surface area contributed by atoms with E-state index in [2.05, 4.69) is 65.5 Å². The van der Waals surface area contributed by atoms with Crippen molar-refractivity contribution in [2.75, 3.05) is 0 Å². The normalized spacial score (nSPS) is 15.6. The van der Waals surface area contributed by atoms with Gasteiger partial charge in [0.1, 0.15) is 0 Å². The Morgan fingerprint density at radius 3 is 1.50 bits per heavy atom. The third kappa shape index (κ3) is 15.0. The molecule has 0 amide bonds. The van der Waals surface area contributed by atoms with Crippen LogP contribution in [-0.4, -0.2) is 10.7 Å². The van der Waals surface area contributed by atoms with Crippen molar-refractivity contribution in [2.45, 2.75) is 98.5 Å². The Morgan fingerprint density at radius 1 is 0.731 bits per heavy atom. The third-order valence-electron chi connectivity index (χ3n) is 4.74. The fraction of sp³-hybridized carbons (Fsp3) is 0.600. The molecule has 0 fully saturated rings. The van der Waals surface area contributed by atoms with Gasteiger partial charge >= 0.3 is 0 Å². The van der Waals surface area contributed by atoms with Crippen LogP contribution in [0.4, 0.5) is 0 Å². The van der Waals surface area contributed by atoms with Gasteiger partial charge in [-0.05, 0) is 92.9 Å². The topological polar surface area (TPSA) is 20.2 Å². The van der Waals surface area contributed by atoms with Crippen molar-refractivity contribution in [1.29, 1.82) is 0 Å². The zero-order chi connectivity index (χ0) is 20.0. The molecule has 0 aliphatic rings. The van der Waals surface area contributed by atoms with E-state index in [0.29, 0.717) is 0 Å². The minimum atomic E-state index is -0.745. The summed E-state index contributed by atoms with van der Waals surface area (Å²) in [6.07, 6.45) is 19.5. The summed E-state index contributed by atoms with van der Waals surface area (Å²) in [5.41, 5.74) is 5.06. The van der Waals surface area contributed by atoms with Gasteiger partial charge in [0.05, 0.1) is 5.60 Å². The first-order chi connectivity index (χ1) is 12.2. The summed E-state index contributed by atoms with van der Waals surface area (Å²) in [5, 5.41) is 9.91. The smallest absolute Gasteiger partial charge is 0.0800 e. The Bertz CT molecular complexity index is 522. The Hall–Kier alpha value is -1.34. The Balaban J connectivity index is 4.06. The van der Waals surface area contributed by atoms with Crippen LogP contribution in [0.2, 0.25) is 0 Å². The quantitative estimate of drug-likeness (QED) is 0.332. The standard InChI is InChI=1S/C25H42O/c1-8-25(7,26)20-12-19-24(6)18-11-17-23(5)16-10-15-22(4)14-9-13-21(2)3/h8,13,15,17,19,26H,1,9-12,14,16,18,20H2,2-7H3/b22-15+,23-17?,24-19?. The van der Waals surface area contributed by atoms with Gasteiger partial charge in [-0.25, -0.2) is 0 Å². The lowest BCUT2D eigenvalue weighted by molar-refractivity contribution is 0.103. The van der Waals surface area contributed by atoms with E-state index in [1.54, 1.807) is 6.08 Å². The maximum Gasteiger partial charge on any atom is 0.0800 e. The predicted octanol–water partition coefficient (Wildman–Crippen LogP) is 7.85. The number of hydrogen-bond donors (Lipinski definition) is 1. The van der Waals surface area contributed by atoms with Crippen molar-refractivity contribution in [3.8, 4) is 0 Å². The van der Waals surface area contributed by atoms with Crippen molar-refractivity contribution in [3.05, 3.63) is 59.3 Å². The molecule has 0 aromatic heterocycles. The molecule has 0 aromatic carbocycles. The maximum absolute atomic E-state index is 9.91. The van der Waals surface area contributed by atoms with Gasteiger partial charge in [0.15, 0.2) is 0 Å². The average Bonchev–Trinajstić information content (AvgIpc) is 2.54. The van der Waals surface area contributed by atoms with Gasteiger partial charge in [-0.15, -0.1) is 6.58 Å². The van der Waals surface area contributed by atoms with Crippen LogP contribution in [0.15, 0.2) is 59.3 Å². The lowest BCUT2D eigenvalue weighted by Crippen LogP contribution is -2.19. The predicted molar refractivity (Wildman–Crippen MR) is 118 cm³/mol. The van der Waals surface area contributed by atoms with Crippen molar-refractivity contribution in [3.63, 3.8) is 0 Å². The molecule has 0 bridgehead atoms. The van der Waals surface area contributed by atoms with E-state index >= 15 is 0 Å². The largest absolute Gasteiger partial charge is 0.386 e. The third-order valence-corrected chi connectivity index (χ3v) is 4.74. The highest BCUT2D eigenvalue weighted by Gasteiger charge is 2.13. The lowest BCUT2D eigenvalue weighted by atomic mass is 9.99. The van der Waals surface area contributed by atoms with E-state index in [1.807, 2.05) is 6.92 Å². The second-order valence-corrected chi connectivity index (χ2v) is 8.15. The van der Waals surface area contributed by atoms with Crippen LogP contribution in [-0.2, 0) is 0 Å². The van der Waals surface area contributed by atoms with Crippen LogP contribution in [0.5, 0.6) is 0 Å². The number of rotatable bonds is 13. The summed E-state index contributed by atoms with van der Waals surface area (Å²) >= 11 is 0. The van der Waals surface area contributed by atoms with E-state index in [1.165, 1.54) is 28.7 Å². The van der Waals surface area contributed by atoms with Gasteiger partial charge in [-0.3, -0.25) is 0 Å². The zero-order valence-corrected chi connectivity index (χ0v) is 18.2. The van der Waals surface area contributed by atoms with Gasteiger partial charge < -0.3 is 5.11 Å². The molecule has 0 rings (SSSR count). The Labute approximate surface area is 163 Å². The number of hydrogen-bond acceptors (Lipinski definition) is 1. The fourth-order valence-electron chi connectivity index (χ4n) is 2.70. The highest BCUT2D eigenvalue weighted by Crippen LogP contribution is 2.16. The molecule has 26 heavy (non-hydrogen) atoms. The van der Waals surface area contributed by atoms with Crippen molar-refractivity contribution in [2.24, 2.45) is 0 Å². The number of aliphatic hydroxyl groups is 1. The van der Waals surface area contributed by atoms with E-state index in [9.17, 15) is 5.11 Å². The van der Waals surface area contributed by atoms with Gasteiger partial charge in [-0.2, -0.15) is 0 Å². The summed E-state index contributed by atoms with van der Waals surface area (Å²) in [6.45, 7) is 16.5. The average molecular weight is 359 g/mol. The lowest BCUT2D eigenvalue weighted by Gasteiger charge is -2.16. The molecule has 0 saturated heterocycles. The molecular formula is C25H42O. The van der Waals surface area contributed by atoms with Crippen LogP contribution in [0, 0.1) is 0 Å². The molecule has 148 valence electrons. The first-order valence-corrected chi connectivity index (χ1v) is 10.1. The summed E-state index contributed by atoms with van der Waals surface area (Å²) in [7, 11) is 0. The first-order valence-electron chi connectivity index (χ1n) is 10.1. The van der Waals surface area contributed by atoms with Crippen LogP contribution >= 0.6 is 0 Å². The fourth-order valence-corrected chi connectivity index (χ4v) is 2.70. The molecule has 1 N–H and O–H groups in total. The SMILES string of the molecule is C=CC(C)(O)CCC=C(C)CCC=C(C)CC/C=C(\C)CCC=C(C)C. The van der Waals surface area contributed by atoms with Crippen LogP contribution in [0.3, 0.4) is 0 Å². The zero-order valence-electron chi connectivity index (χ0n) is 18.2. The molecule has 0 heterocycles. The molecule has 1 unspecified atom stereocenters. The minimum Gasteiger partial charge on any atom is -0.386 e. The molecule has 0 spiro atoms. The van der Waals surface area contributed by atoms with Gasteiger partial charge in [0.25, 0.3) is 0 Å². The molecule has 1 atom stereocenters. The highest BCUT2D eigenvalue weighted by molar-refractivity contribution is 5.07. The van der Waals surface area contributed by atoms with E-state index in [4.69, 9.17) is 0 Å². The summed E-state index contributed by atoms with van der Waals surface area (Å²) in [5.74, 6) is 0. The molecule has 1 heteroatoms. The summed E-state index contributed by atoms with van der Waals surface area (Å²) in [6, 6.07) is 0. The van der Waals surface area contributed by atoms with E-state index in [0.717, 1.165) is 44.9 Å². The van der Waals surface area contributed by atoms with Crippen molar-refractivity contribution >= 4 is 0 Å². The van der Waals surface area contributed by atoms with Gasteiger partial charge in [0.2, 0.25) is 0 Å². The second-order valence-electron chi connectivity index (χ2n) is 8.15. The number of allylic oxidation sites excluding steroid dienone is 8. The Kier molecular flexibility index (Phi) is 13.1. The molecule has 0 aliphatic heterocycles. The molecular weight excluding hydrogens is 316 g/mol. The highest BCUT2D eigenvalue weighted by atomic mass is 16.3. The summed E-state index contributed by atoms with van der Waals surface area (Å²) in [4.78, 5) is 0. The van der Waals surface area contributed by atoms with Crippen molar-refractivity contribution < 1.29 is 5.11 Å². The second kappa shape index (κ2) is 13.8. The van der Waals surface area contributed by atoms with Crippen LogP contribution in [0.1, 0.15) is 92.9 Å². The first kappa shape index (κ1) is 24.7. The molecule has 1 nitrogen and oxygen atoms in total. The van der Waals surface area contributed by atoms with Crippen molar-refractivity contribution in [1.82, 2.24) is 0 Å². The van der Waals surface area contributed by atoms with Crippen LogP contribution in [0.25, 0.3) is 0 Å². The Morgan fingerprint density at radius 2 is 1.12 bits per heavy atom. The maximum atomic E-state index is 9.91. The van der Waals surface area contributed by atoms with E-state index < -0.39 is 5.60 Å².